The molecule has 0 radical (unpaired) electrons. The number of hydrogen-bond acceptors (Lipinski definition) is 4. The number of thiazole rings is 1. The van der Waals surface area contributed by atoms with Crippen LogP contribution in [0.3, 0.4) is 0 Å². The van der Waals surface area contributed by atoms with Crippen molar-refractivity contribution in [1.29, 1.82) is 0 Å². The molecule has 2 atom stereocenters. The number of rotatable bonds is 6. The zero-order valence-electron chi connectivity index (χ0n) is 12.5. The first-order valence-corrected chi connectivity index (χ1v) is 8.59. The van der Waals surface area contributed by atoms with Crippen LogP contribution in [0.4, 0.5) is 5.13 Å². The highest BCUT2D eigenvalue weighted by molar-refractivity contribution is 7.13. The quantitative estimate of drug-likeness (QED) is 0.855. The van der Waals surface area contributed by atoms with Gasteiger partial charge in [0.15, 0.2) is 5.13 Å². The molecule has 19 heavy (non-hydrogen) atoms. The van der Waals surface area contributed by atoms with Crippen molar-refractivity contribution >= 4 is 16.5 Å². The summed E-state index contributed by atoms with van der Waals surface area (Å²) in [6, 6.07) is 1.08. The second-order valence-electron chi connectivity index (χ2n) is 5.47. The lowest BCUT2D eigenvalue weighted by Gasteiger charge is -2.35. The standard InChI is InChI=1S/C15H27N3S/c1-4-8-13-9-6-7-10-18(13)15-17-14(11-19-15)12(3)16-5-2/h11-13,16H,4-10H2,1-3H3. The Balaban J connectivity index is 2.07. The summed E-state index contributed by atoms with van der Waals surface area (Å²) in [5.41, 5.74) is 1.20. The van der Waals surface area contributed by atoms with Gasteiger partial charge in [0.2, 0.25) is 0 Å². The van der Waals surface area contributed by atoms with E-state index in [1.54, 1.807) is 0 Å². The summed E-state index contributed by atoms with van der Waals surface area (Å²) < 4.78 is 0. The molecule has 1 aliphatic heterocycles. The lowest BCUT2D eigenvalue weighted by Crippen LogP contribution is -2.39. The van der Waals surface area contributed by atoms with Crippen LogP contribution < -0.4 is 10.2 Å². The number of hydrogen-bond donors (Lipinski definition) is 1. The molecule has 0 aromatic carbocycles. The van der Waals surface area contributed by atoms with E-state index in [0.717, 1.165) is 6.54 Å². The first kappa shape index (κ1) is 14.8. The zero-order chi connectivity index (χ0) is 13.7. The molecule has 1 aliphatic rings. The van der Waals surface area contributed by atoms with E-state index >= 15 is 0 Å². The molecule has 1 fully saturated rings. The van der Waals surface area contributed by atoms with Gasteiger partial charge in [-0.05, 0) is 39.2 Å². The summed E-state index contributed by atoms with van der Waals surface area (Å²) in [5, 5.41) is 6.90. The van der Waals surface area contributed by atoms with Crippen molar-refractivity contribution in [2.75, 3.05) is 18.0 Å². The summed E-state index contributed by atoms with van der Waals surface area (Å²) in [6.45, 7) is 8.81. The molecule has 2 rings (SSSR count). The fourth-order valence-electron chi connectivity index (χ4n) is 2.90. The smallest absolute Gasteiger partial charge is 0.185 e. The Morgan fingerprint density at radius 3 is 3.05 bits per heavy atom. The number of anilines is 1. The van der Waals surface area contributed by atoms with Crippen LogP contribution in [0.2, 0.25) is 0 Å². The number of nitrogens with zero attached hydrogens (tertiary/aromatic N) is 2. The predicted molar refractivity (Wildman–Crippen MR) is 84.1 cm³/mol. The largest absolute Gasteiger partial charge is 0.345 e. The number of piperidine rings is 1. The average molecular weight is 281 g/mol. The van der Waals surface area contributed by atoms with Crippen molar-refractivity contribution in [2.24, 2.45) is 0 Å². The molecule has 4 heteroatoms. The fraction of sp³-hybridized carbons (Fsp3) is 0.800. The van der Waals surface area contributed by atoms with Gasteiger partial charge < -0.3 is 10.2 Å². The van der Waals surface area contributed by atoms with Crippen molar-refractivity contribution in [1.82, 2.24) is 10.3 Å². The average Bonchev–Trinajstić information content (AvgIpc) is 2.90. The number of nitrogens with one attached hydrogen (secondary N) is 1. The van der Waals surface area contributed by atoms with Gasteiger partial charge in [0, 0.05) is 24.0 Å². The molecule has 1 aromatic heterocycles. The molecule has 3 nitrogen and oxygen atoms in total. The summed E-state index contributed by atoms with van der Waals surface area (Å²) >= 11 is 1.81. The second-order valence-corrected chi connectivity index (χ2v) is 6.30. The third-order valence-electron chi connectivity index (χ3n) is 3.96. The van der Waals surface area contributed by atoms with Crippen LogP contribution in [-0.4, -0.2) is 24.1 Å². The summed E-state index contributed by atoms with van der Waals surface area (Å²) in [7, 11) is 0. The Morgan fingerprint density at radius 2 is 2.32 bits per heavy atom. The van der Waals surface area contributed by atoms with Gasteiger partial charge in [0.1, 0.15) is 0 Å². The van der Waals surface area contributed by atoms with E-state index in [1.165, 1.54) is 49.5 Å². The van der Waals surface area contributed by atoms with Crippen molar-refractivity contribution in [2.45, 2.75) is 65.0 Å². The minimum Gasteiger partial charge on any atom is -0.345 e. The molecule has 0 aliphatic carbocycles. The van der Waals surface area contributed by atoms with E-state index < -0.39 is 0 Å². The number of aromatic nitrogens is 1. The molecule has 1 N–H and O–H groups in total. The molecule has 0 saturated carbocycles. The molecule has 2 unspecified atom stereocenters. The molecule has 0 bridgehead atoms. The van der Waals surface area contributed by atoms with Crippen LogP contribution in [0.15, 0.2) is 5.38 Å². The van der Waals surface area contributed by atoms with Gasteiger partial charge in [-0.15, -0.1) is 11.3 Å². The Kier molecular flexibility index (Phi) is 5.64. The molecular formula is C15H27N3S. The fourth-order valence-corrected chi connectivity index (χ4v) is 3.92. The van der Waals surface area contributed by atoms with Crippen LogP contribution >= 0.6 is 11.3 Å². The van der Waals surface area contributed by atoms with Crippen LogP contribution in [0, 0.1) is 0 Å². The molecule has 0 amide bonds. The zero-order valence-corrected chi connectivity index (χ0v) is 13.3. The Bertz CT molecular complexity index is 375. The van der Waals surface area contributed by atoms with Gasteiger partial charge in [-0.25, -0.2) is 4.98 Å². The van der Waals surface area contributed by atoms with Crippen molar-refractivity contribution in [3.63, 3.8) is 0 Å². The topological polar surface area (TPSA) is 28.2 Å². The predicted octanol–water partition coefficient (Wildman–Crippen LogP) is 3.97. The Labute approximate surface area is 121 Å². The van der Waals surface area contributed by atoms with Gasteiger partial charge in [-0.2, -0.15) is 0 Å². The van der Waals surface area contributed by atoms with Gasteiger partial charge in [0.05, 0.1) is 5.69 Å². The van der Waals surface area contributed by atoms with Crippen LogP contribution in [0.1, 0.15) is 64.6 Å². The summed E-state index contributed by atoms with van der Waals surface area (Å²) in [6.07, 6.45) is 6.61. The highest BCUT2D eigenvalue weighted by Crippen LogP contribution is 2.31. The van der Waals surface area contributed by atoms with Gasteiger partial charge in [0.25, 0.3) is 0 Å². The van der Waals surface area contributed by atoms with Gasteiger partial charge in [-0.3, -0.25) is 0 Å². The minimum atomic E-state index is 0.365. The maximum absolute atomic E-state index is 4.87. The third-order valence-corrected chi connectivity index (χ3v) is 4.85. The first-order chi connectivity index (χ1) is 9.26. The SMILES string of the molecule is CCCC1CCCCN1c1nc(C(C)NCC)cs1. The van der Waals surface area contributed by atoms with Crippen LogP contribution in [-0.2, 0) is 0 Å². The van der Waals surface area contributed by atoms with Crippen LogP contribution in [0.5, 0.6) is 0 Å². The maximum Gasteiger partial charge on any atom is 0.185 e. The Hall–Kier alpha value is -0.610. The van der Waals surface area contributed by atoms with Crippen molar-refractivity contribution < 1.29 is 0 Å². The van der Waals surface area contributed by atoms with E-state index in [4.69, 9.17) is 4.98 Å². The van der Waals surface area contributed by atoms with E-state index in [0.29, 0.717) is 12.1 Å². The molecule has 2 heterocycles. The highest BCUT2D eigenvalue weighted by Gasteiger charge is 2.24. The minimum absolute atomic E-state index is 0.365. The van der Waals surface area contributed by atoms with E-state index in [2.05, 4.69) is 36.4 Å². The molecular weight excluding hydrogens is 254 g/mol. The monoisotopic (exact) mass is 281 g/mol. The van der Waals surface area contributed by atoms with Crippen LogP contribution in [0.25, 0.3) is 0 Å². The van der Waals surface area contributed by atoms with Gasteiger partial charge >= 0.3 is 0 Å². The highest BCUT2D eigenvalue weighted by atomic mass is 32.1. The van der Waals surface area contributed by atoms with E-state index in [-0.39, 0.29) is 0 Å². The summed E-state index contributed by atoms with van der Waals surface area (Å²) in [4.78, 5) is 7.42. The van der Waals surface area contributed by atoms with Crippen molar-refractivity contribution in [3.05, 3.63) is 11.1 Å². The maximum atomic E-state index is 4.87. The lowest BCUT2D eigenvalue weighted by molar-refractivity contribution is 0.433. The van der Waals surface area contributed by atoms with Crippen molar-refractivity contribution in [3.8, 4) is 0 Å². The second kappa shape index (κ2) is 7.25. The van der Waals surface area contributed by atoms with Gasteiger partial charge in [-0.1, -0.05) is 20.3 Å². The van der Waals surface area contributed by atoms with E-state index in [1.807, 2.05) is 11.3 Å². The van der Waals surface area contributed by atoms with E-state index in [9.17, 15) is 0 Å². The molecule has 0 spiro atoms. The summed E-state index contributed by atoms with van der Waals surface area (Å²) in [5.74, 6) is 0. The molecule has 1 saturated heterocycles. The Morgan fingerprint density at radius 1 is 1.47 bits per heavy atom. The first-order valence-electron chi connectivity index (χ1n) is 7.71. The normalized spacial score (nSPS) is 21.6. The third kappa shape index (κ3) is 3.69. The molecule has 108 valence electrons. The molecule has 1 aromatic rings. The lowest BCUT2D eigenvalue weighted by atomic mass is 9.99.